The van der Waals surface area contributed by atoms with Gasteiger partial charge in [-0.25, -0.2) is 4.79 Å². The molecule has 3 fully saturated rings. The Labute approximate surface area is 242 Å². The topological polar surface area (TPSA) is 132 Å². The molecule has 212 valence electrons. The Bertz CT molecular complexity index is 1400. The number of rotatable bonds is 6. The molecular formula is C30H31N5O5S. The van der Waals surface area contributed by atoms with E-state index in [4.69, 9.17) is 4.74 Å². The van der Waals surface area contributed by atoms with E-state index in [2.05, 4.69) is 16.7 Å². The van der Waals surface area contributed by atoms with Crippen LogP contribution in [0.3, 0.4) is 0 Å². The van der Waals surface area contributed by atoms with E-state index < -0.39 is 36.2 Å². The van der Waals surface area contributed by atoms with Crippen LogP contribution in [0.2, 0.25) is 0 Å². The summed E-state index contributed by atoms with van der Waals surface area (Å²) >= 11 is 1.53. The number of nitriles is 1. The molecule has 41 heavy (non-hydrogen) atoms. The largest absolute Gasteiger partial charge is 0.436 e. The Morgan fingerprint density at radius 1 is 1.12 bits per heavy atom. The highest BCUT2D eigenvalue weighted by molar-refractivity contribution is 8.00. The predicted octanol–water partition coefficient (Wildman–Crippen LogP) is 2.79. The number of ether oxygens (including phenoxy) is 1. The molecule has 3 heterocycles. The lowest BCUT2D eigenvalue weighted by Gasteiger charge is -2.40. The number of nitrogens with one attached hydrogen (secondary N) is 2. The van der Waals surface area contributed by atoms with E-state index >= 15 is 0 Å². The first-order valence-corrected chi connectivity index (χ1v) is 15.0. The third-order valence-corrected chi connectivity index (χ3v) is 9.88. The Morgan fingerprint density at radius 2 is 1.80 bits per heavy atom. The van der Waals surface area contributed by atoms with Crippen molar-refractivity contribution in [1.82, 2.24) is 20.4 Å². The number of piperidine rings is 1. The van der Waals surface area contributed by atoms with E-state index in [0.29, 0.717) is 31.6 Å². The molecule has 3 saturated heterocycles. The fourth-order valence-corrected chi connectivity index (χ4v) is 7.78. The summed E-state index contributed by atoms with van der Waals surface area (Å²) in [6.07, 6.45) is 0.765. The van der Waals surface area contributed by atoms with Gasteiger partial charge in [0.2, 0.25) is 17.7 Å². The summed E-state index contributed by atoms with van der Waals surface area (Å²) in [4.78, 5) is 55.3. The van der Waals surface area contributed by atoms with Gasteiger partial charge in [0.05, 0.1) is 11.4 Å². The highest BCUT2D eigenvalue weighted by Gasteiger charge is 2.49. The quantitative estimate of drug-likeness (QED) is 0.543. The molecule has 5 atom stereocenters. The van der Waals surface area contributed by atoms with Crippen LogP contribution >= 0.6 is 11.8 Å². The van der Waals surface area contributed by atoms with E-state index in [1.807, 2.05) is 48.5 Å². The normalized spacial score (nSPS) is 25.4. The molecule has 1 aliphatic carbocycles. The molecule has 4 amide bonds. The van der Waals surface area contributed by atoms with Crippen LogP contribution in [-0.2, 0) is 19.1 Å². The number of hydrogen-bond acceptors (Lipinski definition) is 7. The van der Waals surface area contributed by atoms with E-state index in [1.165, 1.54) is 16.7 Å². The van der Waals surface area contributed by atoms with Crippen LogP contribution in [0.25, 0.3) is 11.1 Å². The predicted molar refractivity (Wildman–Crippen MR) is 151 cm³/mol. The zero-order chi connectivity index (χ0) is 28.7. The fourth-order valence-electron chi connectivity index (χ4n) is 6.35. The molecule has 0 spiro atoms. The zero-order valence-electron chi connectivity index (χ0n) is 22.6. The van der Waals surface area contributed by atoms with Crippen molar-refractivity contribution >= 4 is 35.6 Å². The fraction of sp³-hybridized carbons (Fsp3) is 0.433. The maximum absolute atomic E-state index is 13.7. The van der Waals surface area contributed by atoms with Crippen LogP contribution in [0.1, 0.15) is 42.9 Å². The maximum atomic E-state index is 13.7. The monoisotopic (exact) mass is 573 g/mol. The standard InChI is InChI=1S/C30H31N5O5S/c1-34(30(39)40-26-21-8-4-2-6-19(21)20-7-3-5-9-22(20)26)23-10-11-25-35(29(23)38)24(16-41-25)28(37)33-18(15-31)14-17-12-13-32-27(17)36/h2-9,17-18,23-26H,10-14,16H2,1H3,(H,32,36)(H,33,37)/t17-,18-,23-,24-,25-/m0/s1. The molecule has 0 unspecified atom stereocenters. The first-order valence-electron chi connectivity index (χ1n) is 13.9. The van der Waals surface area contributed by atoms with Crippen molar-refractivity contribution in [3.63, 3.8) is 0 Å². The number of carbonyl (C=O) groups is 4. The minimum atomic E-state index is -0.828. The van der Waals surface area contributed by atoms with E-state index in [9.17, 15) is 24.4 Å². The molecular weight excluding hydrogens is 542 g/mol. The van der Waals surface area contributed by atoms with Gasteiger partial charge in [-0.1, -0.05) is 48.5 Å². The van der Waals surface area contributed by atoms with Gasteiger partial charge >= 0.3 is 6.09 Å². The van der Waals surface area contributed by atoms with Crippen molar-refractivity contribution in [1.29, 1.82) is 5.26 Å². The van der Waals surface area contributed by atoms with Gasteiger partial charge in [0.25, 0.3) is 0 Å². The zero-order valence-corrected chi connectivity index (χ0v) is 23.4. The number of fused-ring (bicyclic) bond motifs is 4. The molecule has 0 saturated carbocycles. The molecule has 6 rings (SSSR count). The lowest BCUT2D eigenvalue weighted by Crippen LogP contribution is -2.59. The van der Waals surface area contributed by atoms with E-state index in [1.54, 1.807) is 11.9 Å². The highest BCUT2D eigenvalue weighted by Crippen LogP contribution is 2.45. The minimum Gasteiger partial charge on any atom is -0.436 e. The van der Waals surface area contributed by atoms with Crippen LogP contribution in [0.15, 0.2) is 48.5 Å². The average Bonchev–Trinajstić information content (AvgIpc) is 3.69. The molecule has 2 aromatic carbocycles. The van der Waals surface area contributed by atoms with Crippen molar-refractivity contribution in [3.8, 4) is 17.2 Å². The molecule has 0 aromatic heterocycles. The van der Waals surface area contributed by atoms with Gasteiger partial charge < -0.3 is 20.3 Å². The van der Waals surface area contributed by atoms with Crippen LogP contribution in [-0.4, -0.2) is 76.5 Å². The number of likely N-dealkylation sites (N-methyl/N-ethyl adjacent to an activating group) is 1. The second kappa shape index (κ2) is 11.1. The molecule has 3 aliphatic heterocycles. The molecule has 2 aromatic rings. The number of nitrogens with zero attached hydrogens (tertiary/aromatic N) is 3. The van der Waals surface area contributed by atoms with Crippen LogP contribution in [0.5, 0.6) is 0 Å². The summed E-state index contributed by atoms with van der Waals surface area (Å²) in [6.45, 7) is 0.565. The maximum Gasteiger partial charge on any atom is 0.411 e. The van der Waals surface area contributed by atoms with Crippen molar-refractivity contribution in [2.45, 2.75) is 55.3 Å². The van der Waals surface area contributed by atoms with Crippen LogP contribution in [0.4, 0.5) is 4.79 Å². The van der Waals surface area contributed by atoms with Gasteiger partial charge in [0, 0.05) is 36.4 Å². The van der Waals surface area contributed by atoms with Crippen LogP contribution in [0, 0.1) is 17.2 Å². The van der Waals surface area contributed by atoms with Gasteiger partial charge in [-0.05, 0) is 36.8 Å². The first kappa shape index (κ1) is 27.1. The molecule has 2 N–H and O–H groups in total. The second-order valence-electron chi connectivity index (χ2n) is 10.9. The number of hydrogen-bond donors (Lipinski definition) is 2. The van der Waals surface area contributed by atoms with Gasteiger partial charge in [-0.3, -0.25) is 19.3 Å². The summed E-state index contributed by atoms with van der Waals surface area (Å²) in [5, 5.41) is 15.0. The summed E-state index contributed by atoms with van der Waals surface area (Å²) in [7, 11) is 1.56. The lowest BCUT2D eigenvalue weighted by molar-refractivity contribution is -0.146. The smallest absolute Gasteiger partial charge is 0.411 e. The summed E-state index contributed by atoms with van der Waals surface area (Å²) in [5.41, 5.74) is 3.85. The third kappa shape index (κ3) is 4.90. The van der Waals surface area contributed by atoms with Crippen molar-refractivity contribution in [2.75, 3.05) is 19.3 Å². The second-order valence-corrected chi connectivity index (χ2v) is 12.1. The Hall–Kier alpha value is -4.04. The molecule has 4 aliphatic rings. The van der Waals surface area contributed by atoms with Gasteiger partial charge in [-0.2, -0.15) is 5.26 Å². The summed E-state index contributed by atoms with van der Waals surface area (Å²) in [6, 6.07) is 15.4. The van der Waals surface area contributed by atoms with Crippen LogP contribution < -0.4 is 10.6 Å². The summed E-state index contributed by atoms with van der Waals surface area (Å²) < 4.78 is 6.02. The average molecular weight is 574 g/mol. The number of carbonyl (C=O) groups excluding carboxylic acids is 4. The van der Waals surface area contributed by atoms with E-state index in [0.717, 1.165) is 22.3 Å². The number of benzene rings is 2. The van der Waals surface area contributed by atoms with Gasteiger partial charge in [-0.15, -0.1) is 11.8 Å². The molecule has 0 radical (unpaired) electrons. The molecule has 11 heteroatoms. The number of thioether (sulfide) groups is 1. The summed E-state index contributed by atoms with van der Waals surface area (Å²) in [5.74, 6) is -0.736. The molecule has 10 nitrogen and oxygen atoms in total. The minimum absolute atomic E-state index is 0.107. The first-order chi connectivity index (χ1) is 19.9. The van der Waals surface area contributed by atoms with Crippen molar-refractivity contribution in [2.24, 2.45) is 5.92 Å². The Kier molecular flexibility index (Phi) is 7.34. The third-order valence-electron chi connectivity index (χ3n) is 8.53. The van der Waals surface area contributed by atoms with Crippen molar-refractivity contribution in [3.05, 3.63) is 59.7 Å². The Balaban J connectivity index is 1.13. The highest BCUT2D eigenvalue weighted by atomic mass is 32.2. The van der Waals surface area contributed by atoms with Crippen molar-refractivity contribution < 1.29 is 23.9 Å². The SMILES string of the molecule is CN(C(=O)OC1c2ccccc2-c2ccccc21)[C@H]1CC[C@@H]2SC[C@@H](C(=O)N[C@H](C#N)C[C@@H]3CCNC3=O)N2C1=O. The number of amides is 4. The molecule has 0 bridgehead atoms. The Morgan fingerprint density at radius 3 is 2.44 bits per heavy atom. The van der Waals surface area contributed by atoms with E-state index in [-0.39, 0.29) is 29.5 Å². The van der Waals surface area contributed by atoms with Gasteiger partial charge in [0.1, 0.15) is 18.1 Å². The van der Waals surface area contributed by atoms with Gasteiger partial charge in [0.15, 0.2) is 6.10 Å². The lowest BCUT2D eigenvalue weighted by atomic mass is 9.98.